The maximum absolute atomic E-state index is 13.2. The van der Waals surface area contributed by atoms with E-state index in [1.807, 2.05) is 6.92 Å². The average molecular weight is 306 g/mol. The van der Waals surface area contributed by atoms with E-state index in [1.54, 1.807) is 14.0 Å². The fourth-order valence-corrected chi connectivity index (χ4v) is 1.76. The molecule has 7 heteroatoms. The lowest BCUT2D eigenvalue weighted by Gasteiger charge is -2.20. The van der Waals surface area contributed by atoms with Gasteiger partial charge in [0.05, 0.1) is 11.6 Å². The number of likely N-dealkylation sites (N-methyl/N-ethyl adjacent to an activating group) is 1. The van der Waals surface area contributed by atoms with Crippen LogP contribution in [0.4, 0.5) is 17.6 Å². The predicted octanol–water partition coefficient (Wildman–Crippen LogP) is 2.80. The number of rotatable bonds is 5. The third kappa shape index (κ3) is 5.00. The van der Waals surface area contributed by atoms with Gasteiger partial charge in [-0.15, -0.1) is 0 Å². The normalized spacial score (nSPS) is 13.1. The molecule has 1 amide bonds. The molecule has 0 radical (unpaired) electrons. The molecular weight excluding hydrogens is 288 g/mol. The van der Waals surface area contributed by atoms with E-state index < -0.39 is 23.6 Å². The first-order valence-corrected chi connectivity index (χ1v) is 6.50. The lowest BCUT2D eigenvalue weighted by Crippen LogP contribution is -2.42. The largest absolute Gasteiger partial charge is 0.416 e. The zero-order valence-electron chi connectivity index (χ0n) is 12.1. The van der Waals surface area contributed by atoms with Crippen molar-refractivity contribution in [2.24, 2.45) is 0 Å². The van der Waals surface area contributed by atoms with E-state index in [4.69, 9.17) is 0 Å². The van der Waals surface area contributed by atoms with Crippen molar-refractivity contribution in [3.8, 4) is 0 Å². The molecule has 0 saturated heterocycles. The summed E-state index contributed by atoms with van der Waals surface area (Å²) in [7, 11) is 1.63. The van der Waals surface area contributed by atoms with Crippen LogP contribution in [0.1, 0.15) is 25.0 Å². The lowest BCUT2D eigenvalue weighted by atomic mass is 10.1. The Kier molecular flexibility index (Phi) is 5.71. The lowest BCUT2D eigenvalue weighted by molar-refractivity contribution is -0.138. The van der Waals surface area contributed by atoms with Crippen molar-refractivity contribution in [1.29, 1.82) is 0 Å². The van der Waals surface area contributed by atoms with Crippen LogP contribution in [-0.4, -0.2) is 30.4 Å². The van der Waals surface area contributed by atoms with Crippen LogP contribution in [0, 0.1) is 5.82 Å². The van der Waals surface area contributed by atoms with Crippen LogP contribution in [0.2, 0.25) is 0 Å². The third-order valence-corrected chi connectivity index (χ3v) is 3.12. The van der Waals surface area contributed by atoms with Crippen molar-refractivity contribution in [2.45, 2.75) is 32.6 Å². The minimum absolute atomic E-state index is 0.0225. The van der Waals surface area contributed by atoms with Gasteiger partial charge in [-0.1, -0.05) is 0 Å². The van der Waals surface area contributed by atoms with Gasteiger partial charge in [0.25, 0.3) is 0 Å². The monoisotopic (exact) mass is 306 g/mol. The van der Waals surface area contributed by atoms with Crippen molar-refractivity contribution < 1.29 is 22.4 Å². The Morgan fingerprint density at radius 2 is 1.95 bits per heavy atom. The van der Waals surface area contributed by atoms with E-state index >= 15 is 0 Å². The topological polar surface area (TPSA) is 32.3 Å². The number of nitrogens with one attached hydrogen (secondary N) is 1. The van der Waals surface area contributed by atoms with Crippen molar-refractivity contribution in [3.63, 3.8) is 0 Å². The second kappa shape index (κ2) is 6.89. The summed E-state index contributed by atoms with van der Waals surface area (Å²) in [6.07, 6.45) is -4.60. The fraction of sp³-hybridized carbons (Fsp3) is 0.500. The SMILES string of the molecule is CCN(C)C(=O)C(C)NCc1cc(F)cc(C(F)(F)F)c1. The molecule has 1 unspecified atom stereocenters. The van der Waals surface area contributed by atoms with Crippen LogP contribution in [0.5, 0.6) is 0 Å². The number of amides is 1. The fourth-order valence-electron chi connectivity index (χ4n) is 1.76. The standard InChI is InChI=1S/C14H18F4N2O/c1-4-20(3)13(21)9(2)19-8-10-5-11(14(16,17)18)7-12(15)6-10/h5-7,9,19H,4,8H2,1-3H3. The molecule has 0 aromatic heterocycles. The smallest absolute Gasteiger partial charge is 0.345 e. The van der Waals surface area contributed by atoms with Gasteiger partial charge in [-0.3, -0.25) is 4.79 Å². The van der Waals surface area contributed by atoms with E-state index in [-0.39, 0.29) is 18.0 Å². The summed E-state index contributed by atoms with van der Waals surface area (Å²) in [5.74, 6) is -1.13. The Morgan fingerprint density at radius 3 is 2.48 bits per heavy atom. The summed E-state index contributed by atoms with van der Waals surface area (Å²) in [6.45, 7) is 3.93. The molecule has 1 atom stereocenters. The molecule has 0 bridgehead atoms. The Bertz CT molecular complexity index is 502. The molecule has 1 N–H and O–H groups in total. The van der Waals surface area contributed by atoms with E-state index in [0.29, 0.717) is 12.6 Å². The van der Waals surface area contributed by atoms with Gasteiger partial charge < -0.3 is 10.2 Å². The zero-order chi connectivity index (χ0) is 16.2. The second-order valence-electron chi connectivity index (χ2n) is 4.80. The van der Waals surface area contributed by atoms with E-state index in [0.717, 1.165) is 12.1 Å². The minimum atomic E-state index is -4.60. The first kappa shape index (κ1) is 17.4. The summed E-state index contributed by atoms with van der Waals surface area (Å²) < 4.78 is 51.0. The third-order valence-electron chi connectivity index (χ3n) is 3.12. The molecular formula is C14H18F4N2O. The Morgan fingerprint density at radius 1 is 1.33 bits per heavy atom. The number of carbonyl (C=O) groups is 1. The maximum atomic E-state index is 13.2. The van der Waals surface area contributed by atoms with Gasteiger partial charge >= 0.3 is 6.18 Å². The molecule has 0 saturated carbocycles. The summed E-state index contributed by atoms with van der Waals surface area (Å²) in [5.41, 5.74) is -0.898. The van der Waals surface area contributed by atoms with Gasteiger partial charge in [0.15, 0.2) is 0 Å². The number of hydrogen-bond acceptors (Lipinski definition) is 2. The molecule has 0 heterocycles. The van der Waals surface area contributed by atoms with Crippen molar-refractivity contribution in [3.05, 3.63) is 35.1 Å². The van der Waals surface area contributed by atoms with Gasteiger partial charge in [-0.2, -0.15) is 13.2 Å². The molecule has 3 nitrogen and oxygen atoms in total. The van der Waals surface area contributed by atoms with Gasteiger partial charge in [0, 0.05) is 20.1 Å². The Balaban J connectivity index is 2.76. The maximum Gasteiger partial charge on any atom is 0.416 e. The number of alkyl halides is 3. The molecule has 0 aliphatic carbocycles. The number of carbonyl (C=O) groups excluding carboxylic acids is 1. The van der Waals surface area contributed by atoms with Crippen LogP contribution < -0.4 is 5.32 Å². The molecule has 0 aliphatic heterocycles. The van der Waals surface area contributed by atoms with E-state index in [2.05, 4.69) is 5.32 Å². The molecule has 0 spiro atoms. The highest BCUT2D eigenvalue weighted by Gasteiger charge is 2.31. The van der Waals surface area contributed by atoms with Crippen LogP contribution in [0.3, 0.4) is 0 Å². The highest BCUT2D eigenvalue weighted by atomic mass is 19.4. The van der Waals surface area contributed by atoms with Crippen LogP contribution >= 0.6 is 0 Å². The summed E-state index contributed by atoms with van der Waals surface area (Å²) in [6, 6.07) is 1.77. The van der Waals surface area contributed by atoms with Gasteiger partial charge in [0.2, 0.25) is 5.91 Å². The van der Waals surface area contributed by atoms with Crippen molar-refractivity contribution in [2.75, 3.05) is 13.6 Å². The molecule has 0 aliphatic rings. The van der Waals surface area contributed by atoms with Crippen LogP contribution in [-0.2, 0) is 17.5 Å². The van der Waals surface area contributed by atoms with Crippen LogP contribution in [0.15, 0.2) is 18.2 Å². The van der Waals surface area contributed by atoms with Crippen molar-refractivity contribution in [1.82, 2.24) is 10.2 Å². The number of nitrogens with zero attached hydrogens (tertiary/aromatic N) is 1. The molecule has 0 fully saturated rings. The average Bonchev–Trinajstić information content (AvgIpc) is 2.41. The number of halogens is 4. The van der Waals surface area contributed by atoms with Crippen molar-refractivity contribution >= 4 is 5.91 Å². The Hall–Kier alpha value is -1.63. The number of benzene rings is 1. The zero-order valence-corrected chi connectivity index (χ0v) is 12.1. The highest BCUT2D eigenvalue weighted by molar-refractivity contribution is 5.81. The summed E-state index contributed by atoms with van der Waals surface area (Å²) in [4.78, 5) is 13.3. The predicted molar refractivity (Wildman–Crippen MR) is 71.0 cm³/mol. The summed E-state index contributed by atoms with van der Waals surface area (Å²) in [5, 5.41) is 2.79. The molecule has 21 heavy (non-hydrogen) atoms. The Labute approximate surface area is 120 Å². The van der Waals surface area contributed by atoms with E-state index in [1.165, 1.54) is 4.90 Å². The van der Waals surface area contributed by atoms with Gasteiger partial charge in [0.1, 0.15) is 5.82 Å². The first-order chi connectivity index (χ1) is 9.65. The summed E-state index contributed by atoms with van der Waals surface area (Å²) >= 11 is 0. The highest BCUT2D eigenvalue weighted by Crippen LogP contribution is 2.30. The second-order valence-corrected chi connectivity index (χ2v) is 4.80. The van der Waals surface area contributed by atoms with Gasteiger partial charge in [-0.25, -0.2) is 4.39 Å². The number of hydrogen-bond donors (Lipinski definition) is 1. The van der Waals surface area contributed by atoms with Gasteiger partial charge in [-0.05, 0) is 37.6 Å². The molecule has 1 aromatic rings. The minimum Gasteiger partial charge on any atom is -0.345 e. The molecule has 118 valence electrons. The first-order valence-electron chi connectivity index (χ1n) is 6.50. The van der Waals surface area contributed by atoms with E-state index in [9.17, 15) is 22.4 Å². The quantitative estimate of drug-likeness (QED) is 0.849. The molecule has 1 rings (SSSR count). The van der Waals surface area contributed by atoms with Crippen LogP contribution in [0.25, 0.3) is 0 Å². The molecule has 1 aromatic carbocycles.